The van der Waals surface area contributed by atoms with Crippen molar-refractivity contribution in [1.29, 1.82) is 0 Å². The van der Waals surface area contributed by atoms with E-state index >= 15 is 0 Å². The second-order valence-electron chi connectivity index (χ2n) is 9.16. The van der Waals surface area contributed by atoms with E-state index in [1.165, 1.54) is 21.1 Å². The highest BCUT2D eigenvalue weighted by Crippen LogP contribution is 2.57. The zero-order valence-electron chi connectivity index (χ0n) is 21.4. The molecule has 12 nitrogen and oxygen atoms in total. The minimum absolute atomic E-state index is 0.0122. The number of carbonyl (C=O) groups is 4. The van der Waals surface area contributed by atoms with E-state index in [4.69, 9.17) is 18.9 Å². The van der Waals surface area contributed by atoms with Crippen LogP contribution in [0.3, 0.4) is 0 Å². The van der Waals surface area contributed by atoms with E-state index in [2.05, 4.69) is 5.32 Å². The lowest BCUT2D eigenvalue weighted by Gasteiger charge is -2.34. The first kappa shape index (κ1) is 25.8. The Morgan fingerprint density at radius 2 is 1.90 bits per heavy atom. The highest BCUT2D eigenvalue weighted by Gasteiger charge is 2.56. The molecule has 0 aromatic heterocycles. The third-order valence-electron chi connectivity index (χ3n) is 6.90. The van der Waals surface area contributed by atoms with Gasteiger partial charge in [0, 0.05) is 31.4 Å². The van der Waals surface area contributed by atoms with Crippen LogP contribution in [0.2, 0.25) is 0 Å². The van der Waals surface area contributed by atoms with Crippen LogP contribution in [0.25, 0.3) is 0 Å². The number of ether oxygens (including phenoxy) is 4. The van der Waals surface area contributed by atoms with E-state index in [0.29, 0.717) is 16.2 Å². The quantitative estimate of drug-likeness (QED) is 0.485. The van der Waals surface area contributed by atoms with E-state index < -0.39 is 52.4 Å². The Morgan fingerprint density at radius 1 is 1.18 bits per heavy atom. The fraction of sp³-hybridized carbons (Fsp3) is 0.259. The van der Waals surface area contributed by atoms with Gasteiger partial charge >= 0.3 is 6.03 Å². The van der Waals surface area contributed by atoms with Crippen LogP contribution in [0.5, 0.6) is 23.0 Å². The zero-order chi connectivity index (χ0) is 28.2. The summed E-state index contributed by atoms with van der Waals surface area (Å²) >= 11 is 0. The highest BCUT2D eigenvalue weighted by atomic mass is 16.7. The van der Waals surface area contributed by atoms with Gasteiger partial charge in [-0.2, -0.15) is 4.90 Å². The molecule has 5 rings (SSSR count). The van der Waals surface area contributed by atoms with Crippen LogP contribution in [0.1, 0.15) is 35.3 Å². The van der Waals surface area contributed by atoms with Crippen LogP contribution in [-0.4, -0.2) is 59.3 Å². The van der Waals surface area contributed by atoms with Crippen molar-refractivity contribution in [3.8, 4) is 23.0 Å². The molecule has 2 heterocycles. The largest absolute Gasteiger partial charge is 0.507 e. The van der Waals surface area contributed by atoms with Gasteiger partial charge in [0.05, 0.1) is 12.7 Å². The number of aliphatic hydroxyl groups excluding tert-OH is 1. The molecule has 1 unspecified atom stereocenters. The number of nitrogens with one attached hydrogen (secondary N) is 1. The molecule has 3 aliphatic rings. The standard InChI is InChI=1S/C27H24N2O10/c1-12(30)19-14(31)10-18-27(2,23(19)33)21-15(32)9-17-20(22(21)39-18)24(34)29(26(37-4)38-17)25(35)28-11-13-7-5-6-8-16(13)36-3/h5-10,26,31-32H,11H2,1-4H3,(H,28,35)/t26?,27-/m1/s1. The molecule has 2 aliphatic heterocycles. The first-order valence-corrected chi connectivity index (χ1v) is 11.8. The summed E-state index contributed by atoms with van der Waals surface area (Å²) in [6.07, 6.45) is -0.399. The summed E-state index contributed by atoms with van der Waals surface area (Å²) in [6.45, 7) is 2.54. The summed E-state index contributed by atoms with van der Waals surface area (Å²) in [7, 11) is 2.72. The lowest BCUT2D eigenvalue weighted by atomic mass is 9.71. The monoisotopic (exact) mass is 536 g/mol. The number of benzene rings is 2. The number of ketones is 2. The summed E-state index contributed by atoms with van der Waals surface area (Å²) in [5, 5.41) is 23.9. The number of hydrogen-bond acceptors (Lipinski definition) is 10. The van der Waals surface area contributed by atoms with Crippen molar-refractivity contribution in [3.63, 3.8) is 0 Å². The van der Waals surface area contributed by atoms with Gasteiger partial charge in [0.25, 0.3) is 12.3 Å². The van der Waals surface area contributed by atoms with Crippen molar-refractivity contribution >= 4 is 23.5 Å². The Morgan fingerprint density at radius 3 is 2.56 bits per heavy atom. The minimum Gasteiger partial charge on any atom is -0.507 e. The number of imide groups is 1. The molecule has 12 heteroatoms. The van der Waals surface area contributed by atoms with Gasteiger partial charge in [0.15, 0.2) is 17.3 Å². The second-order valence-corrected chi connectivity index (χ2v) is 9.16. The Hall–Kier alpha value is -4.84. The predicted molar refractivity (Wildman–Crippen MR) is 132 cm³/mol. The number of carbonyl (C=O) groups excluding carboxylic acids is 4. The van der Waals surface area contributed by atoms with Crippen LogP contribution in [-0.2, 0) is 26.3 Å². The number of fused-ring (bicyclic) bond motifs is 5. The van der Waals surface area contributed by atoms with E-state index in [9.17, 15) is 29.4 Å². The first-order chi connectivity index (χ1) is 18.5. The summed E-state index contributed by atoms with van der Waals surface area (Å²) in [4.78, 5) is 53.2. The van der Waals surface area contributed by atoms with Gasteiger partial charge in [0.1, 0.15) is 45.3 Å². The number of aliphatic hydroxyl groups is 1. The maximum absolute atomic E-state index is 13.8. The molecular formula is C27H24N2O10. The molecule has 0 saturated heterocycles. The maximum atomic E-state index is 13.8. The fourth-order valence-electron chi connectivity index (χ4n) is 4.96. The molecule has 2 aromatic rings. The van der Waals surface area contributed by atoms with E-state index in [0.717, 1.165) is 19.1 Å². The molecule has 0 bridgehead atoms. The van der Waals surface area contributed by atoms with Gasteiger partial charge < -0.3 is 34.5 Å². The fourth-order valence-corrected chi connectivity index (χ4v) is 4.96. The zero-order valence-corrected chi connectivity index (χ0v) is 21.4. The predicted octanol–water partition coefficient (Wildman–Crippen LogP) is 2.59. The maximum Gasteiger partial charge on any atom is 0.329 e. The number of methoxy groups -OCH3 is 2. The van der Waals surface area contributed by atoms with E-state index in [1.807, 2.05) is 0 Å². The molecule has 202 valence electrons. The Balaban J connectivity index is 1.55. The third kappa shape index (κ3) is 3.71. The molecular weight excluding hydrogens is 512 g/mol. The number of phenols is 1. The summed E-state index contributed by atoms with van der Waals surface area (Å²) in [5.41, 5.74) is -1.90. The van der Waals surface area contributed by atoms with Crippen LogP contribution in [0, 0.1) is 0 Å². The van der Waals surface area contributed by atoms with Crippen molar-refractivity contribution < 1.29 is 48.3 Å². The molecule has 2 atom stereocenters. The van der Waals surface area contributed by atoms with Crippen molar-refractivity contribution in [2.24, 2.45) is 0 Å². The van der Waals surface area contributed by atoms with Gasteiger partial charge in [-0.3, -0.25) is 14.4 Å². The van der Waals surface area contributed by atoms with Crippen LogP contribution in [0.15, 0.2) is 53.5 Å². The lowest BCUT2D eigenvalue weighted by Crippen LogP contribution is -2.55. The normalized spacial score (nSPS) is 21.3. The molecule has 0 radical (unpaired) electrons. The Kier molecular flexibility index (Phi) is 6.06. The lowest BCUT2D eigenvalue weighted by molar-refractivity contribution is -0.129. The van der Waals surface area contributed by atoms with E-state index in [-0.39, 0.29) is 34.9 Å². The summed E-state index contributed by atoms with van der Waals surface area (Å²) in [6, 6.07) is 7.25. The number of hydrogen-bond donors (Lipinski definition) is 3. The molecule has 0 spiro atoms. The van der Waals surface area contributed by atoms with Crippen LogP contribution < -0.4 is 19.5 Å². The minimum atomic E-state index is -1.73. The number of rotatable bonds is 5. The van der Waals surface area contributed by atoms with Gasteiger partial charge in [-0.05, 0) is 19.9 Å². The second kappa shape index (κ2) is 9.17. The number of Topliss-reactive ketones (excluding diaryl/α,β-unsaturated/α-hetero) is 2. The molecule has 0 fully saturated rings. The Bertz CT molecular complexity index is 1520. The molecule has 2 aromatic carbocycles. The average Bonchev–Trinajstić information content (AvgIpc) is 3.20. The first-order valence-electron chi connectivity index (χ1n) is 11.8. The number of amides is 3. The number of urea groups is 1. The van der Waals surface area contributed by atoms with Crippen LogP contribution in [0.4, 0.5) is 4.79 Å². The van der Waals surface area contributed by atoms with Gasteiger partial charge in [-0.1, -0.05) is 18.2 Å². The van der Waals surface area contributed by atoms with Crippen molar-refractivity contribution in [2.75, 3.05) is 14.2 Å². The van der Waals surface area contributed by atoms with Gasteiger partial charge in [-0.25, -0.2) is 4.79 Å². The molecule has 0 saturated carbocycles. The smallest absolute Gasteiger partial charge is 0.329 e. The average molecular weight is 536 g/mol. The Labute approximate surface area is 222 Å². The van der Waals surface area contributed by atoms with Gasteiger partial charge in [-0.15, -0.1) is 0 Å². The summed E-state index contributed by atoms with van der Waals surface area (Å²) in [5.74, 6) is -3.42. The SMILES string of the molecule is COc1ccccc1CNC(=O)N1C(=O)c2c(cc(O)c3c2OC2=CC(O)=C(C(C)=O)C(=O)[C@]23C)OC1OC. The highest BCUT2D eigenvalue weighted by molar-refractivity contribution is 6.26. The van der Waals surface area contributed by atoms with E-state index in [1.54, 1.807) is 24.3 Å². The summed E-state index contributed by atoms with van der Waals surface area (Å²) < 4.78 is 22.1. The van der Waals surface area contributed by atoms with Gasteiger partial charge in [0.2, 0.25) is 0 Å². The van der Waals surface area contributed by atoms with Crippen LogP contribution >= 0.6 is 0 Å². The third-order valence-corrected chi connectivity index (χ3v) is 6.90. The number of allylic oxidation sites excluding steroid dienone is 3. The molecule has 3 N–H and O–H groups in total. The number of para-hydroxylation sites is 1. The number of nitrogens with zero attached hydrogens (tertiary/aromatic N) is 1. The number of phenolic OH excluding ortho intramolecular Hbond substituents is 1. The van der Waals surface area contributed by atoms with Crippen molar-refractivity contribution in [1.82, 2.24) is 10.2 Å². The molecule has 1 aliphatic carbocycles. The topological polar surface area (TPSA) is 161 Å². The van der Waals surface area contributed by atoms with Crippen molar-refractivity contribution in [3.05, 3.63) is 70.2 Å². The number of aromatic hydroxyl groups is 1. The van der Waals surface area contributed by atoms with Crippen molar-refractivity contribution in [2.45, 2.75) is 32.2 Å². The molecule has 3 amide bonds. The molecule has 39 heavy (non-hydrogen) atoms.